The van der Waals surface area contributed by atoms with Crippen molar-refractivity contribution in [1.82, 2.24) is 14.5 Å². The number of nitrogens with zero attached hydrogens (tertiary/aromatic N) is 2. The van der Waals surface area contributed by atoms with Gasteiger partial charge in [0.1, 0.15) is 4.90 Å². The number of nitrogens with two attached hydrogens (primary N) is 1. The maximum absolute atomic E-state index is 12.6. The van der Waals surface area contributed by atoms with Crippen LogP contribution in [0.1, 0.15) is 32.9 Å². The first-order chi connectivity index (χ1) is 9.61. The van der Waals surface area contributed by atoms with Gasteiger partial charge in [-0.1, -0.05) is 13.8 Å². The maximum atomic E-state index is 12.6. The SMILES string of the molecule is CCOC1CC(NS(=O)(=O)c2c(N)nn(C)c2C)C1(C)C. The van der Waals surface area contributed by atoms with E-state index in [-0.39, 0.29) is 28.3 Å². The van der Waals surface area contributed by atoms with Crippen LogP contribution in [0.2, 0.25) is 0 Å². The molecule has 1 heterocycles. The summed E-state index contributed by atoms with van der Waals surface area (Å²) in [4.78, 5) is 0.0701. The van der Waals surface area contributed by atoms with Crippen molar-refractivity contribution < 1.29 is 13.2 Å². The van der Waals surface area contributed by atoms with E-state index in [1.807, 2.05) is 20.8 Å². The molecule has 0 saturated heterocycles. The standard InChI is InChI=1S/C13H24N4O3S/c1-6-20-10-7-9(13(10,3)4)16-21(18,19)11-8(2)17(5)15-12(11)14/h9-10,16H,6-7H2,1-5H3,(H2,14,15). The van der Waals surface area contributed by atoms with Gasteiger partial charge in [0.25, 0.3) is 0 Å². The Balaban J connectivity index is 2.20. The number of nitrogens with one attached hydrogen (secondary N) is 1. The normalized spacial score (nSPS) is 24.8. The van der Waals surface area contributed by atoms with Crippen molar-refractivity contribution in [2.45, 2.75) is 51.2 Å². The zero-order valence-electron chi connectivity index (χ0n) is 13.2. The van der Waals surface area contributed by atoms with Crippen molar-refractivity contribution in [2.24, 2.45) is 12.5 Å². The Morgan fingerprint density at radius 1 is 1.52 bits per heavy atom. The van der Waals surface area contributed by atoms with Gasteiger partial charge >= 0.3 is 0 Å². The summed E-state index contributed by atoms with van der Waals surface area (Å²) in [7, 11) is -2.01. The summed E-state index contributed by atoms with van der Waals surface area (Å²) in [5.74, 6) is 0.0287. The number of rotatable bonds is 5. The van der Waals surface area contributed by atoms with E-state index in [2.05, 4.69) is 9.82 Å². The molecule has 2 unspecified atom stereocenters. The van der Waals surface area contributed by atoms with Crippen LogP contribution >= 0.6 is 0 Å². The molecule has 0 amide bonds. The minimum absolute atomic E-state index is 0.0287. The van der Waals surface area contributed by atoms with Crippen LogP contribution < -0.4 is 10.5 Å². The fraction of sp³-hybridized carbons (Fsp3) is 0.769. The summed E-state index contributed by atoms with van der Waals surface area (Å²) in [6.07, 6.45) is 0.738. The predicted molar refractivity (Wildman–Crippen MR) is 80.3 cm³/mol. The van der Waals surface area contributed by atoms with E-state index in [4.69, 9.17) is 10.5 Å². The topological polar surface area (TPSA) is 99.2 Å². The van der Waals surface area contributed by atoms with E-state index < -0.39 is 10.0 Å². The highest BCUT2D eigenvalue weighted by atomic mass is 32.2. The first-order valence-electron chi connectivity index (χ1n) is 7.04. The van der Waals surface area contributed by atoms with Crippen LogP contribution in [0, 0.1) is 12.3 Å². The van der Waals surface area contributed by atoms with Crippen molar-refractivity contribution in [1.29, 1.82) is 0 Å². The van der Waals surface area contributed by atoms with Crippen LogP contribution in [-0.4, -0.2) is 37.0 Å². The van der Waals surface area contributed by atoms with Crippen molar-refractivity contribution in [3.05, 3.63) is 5.69 Å². The summed E-state index contributed by atoms with van der Waals surface area (Å²) in [6.45, 7) is 8.26. The third-order valence-corrected chi connectivity index (χ3v) is 6.05. The van der Waals surface area contributed by atoms with E-state index in [1.54, 1.807) is 14.0 Å². The highest BCUT2D eigenvalue weighted by Crippen LogP contribution is 2.43. The Kier molecular flexibility index (Phi) is 4.07. The number of sulfonamides is 1. The minimum atomic E-state index is -3.68. The zero-order chi connectivity index (χ0) is 16.0. The second-order valence-corrected chi connectivity index (χ2v) is 7.75. The van der Waals surface area contributed by atoms with Crippen LogP contribution in [0.4, 0.5) is 5.82 Å². The van der Waals surface area contributed by atoms with Gasteiger partial charge in [-0.15, -0.1) is 0 Å². The third kappa shape index (κ3) is 2.67. The number of nitrogen functional groups attached to an aromatic ring is 1. The van der Waals surface area contributed by atoms with Gasteiger partial charge in [0, 0.05) is 25.1 Å². The summed E-state index contributed by atoms with van der Waals surface area (Å²) in [5.41, 5.74) is 6.01. The molecule has 1 aliphatic carbocycles. The van der Waals surface area contributed by atoms with Gasteiger partial charge in [0.05, 0.1) is 11.8 Å². The lowest BCUT2D eigenvalue weighted by Gasteiger charge is -2.51. The number of anilines is 1. The smallest absolute Gasteiger partial charge is 0.246 e. The van der Waals surface area contributed by atoms with Crippen LogP contribution in [0.5, 0.6) is 0 Å². The largest absolute Gasteiger partial charge is 0.381 e. The molecule has 2 atom stereocenters. The Labute approximate surface area is 125 Å². The Hall–Kier alpha value is -1.12. The molecule has 8 heteroatoms. The van der Waals surface area contributed by atoms with Crippen molar-refractivity contribution in [3.8, 4) is 0 Å². The van der Waals surface area contributed by atoms with E-state index in [0.29, 0.717) is 18.7 Å². The molecule has 0 aliphatic heterocycles. The number of hydrogen-bond donors (Lipinski definition) is 2. The molecule has 0 bridgehead atoms. The highest BCUT2D eigenvalue weighted by molar-refractivity contribution is 7.89. The van der Waals surface area contributed by atoms with Crippen LogP contribution in [-0.2, 0) is 21.8 Å². The number of aromatic nitrogens is 2. The fourth-order valence-corrected chi connectivity index (χ4v) is 4.49. The Morgan fingerprint density at radius 2 is 2.14 bits per heavy atom. The lowest BCUT2D eigenvalue weighted by Crippen LogP contribution is -2.62. The molecular formula is C13H24N4O3S. The van der Waals surface area contributed by atoms with Crippen molar-refractivity contribution >= 4 is 15.8 Å². The number of ether oxygens (including phenoxy) is 1. The van der Waals surface area contributed by atoms with E-state index in [9.17, 15) is 8.42 Å². The first kappa shape index (κ1) is 16.3. The summed E-state index contributed by atoms with van der Waals surface area (Å²) in [6, 6.07) is -0.168. The lowest BCUT2D eigenvalue weighted by atomic mass is 9.65. The van der Waals surface area contributed by atoms with Gasteiger partial charge in [0.2, 0.25) is 10.0 Å². The molecule has 1 aliphatic rings. The highest BCUT2D eigenvalue weighted by Gasteiger charge is 2.50. The van der Waals surface area contributed by atoms with Gasteiger partial charge in [0.15, 0.2) is 5.82 Å². The van der Waals surface area contributed by atoms with Gasteiger partial charge in [-0.05, 0) is 20.3 Å². The van der Waals surface area contributed by atoms with Gasteiger partial charge in [-0.2, -0.15) is 5.10 Å². The lowest BCUT2D eigenvalue weighted by molar-refractivity contribution is -0.108. The van der Waals surface area contributed by atoms with Crippen LogP contribution in [0.25, 0.3) is 0 Å². The van der Waals surface area contributed by atoms with E-state index >= 15 is 0 Å². The molecule has 1 fully saturated rings. The molecule has 120 valence electrons. The van der Waals surface area contributed by atoms with Crippen molar-refractivity contribution in [3.63, 3.8) is 0 Å². The quantitative estimate of drug-likeness (QED) is 0.837. The average Bonchev–Trinajstić information content (AvgIpc) is 2.62. The molecule has 0 radical (unpaired) electrons. The van der Waals surface area contributed by atoms with Gasteiger partial charge in [-0.25, -0.2) is 13.1 Å². The molecule has 2 rings (SSSR count). The summed E-state index contributed by atoms with van der Waals surface area (Å²) in [5, 5.41) is 3.96. The third-order valence-electron chi connectivity index (χ3n) is 4.42. The fourth-order valence-electron chi connectivity index (χ4n) is 2.76. The molecular weight excluding hydrogens is 292 g/mol. The summed E-state index contributed by atoms with van der Waals surface area (Å²) < 4.78 is 34.9. The molecule has 0 aromatic carbocycles. The second kappa shape index (κ2) is 5.26. The van der Waals surface area contributed by atoms with Gasteiger partial charge in [-0.3, -0.25) is 4.68 Å². The molecule has 7 nitrogen and oxygen atoms in total. The summed E-state index contributed by atoms with van der Waals surface area (Å²) >= 11 is 0. The predicted octanol–water partition coefficient (Wildman–Crippen LogP) is 0.793. The molecule has 3 N–H and O–H groups in total. The molecule has 1 saturated carbocycles. The van der Waals surface area contributed by atoms with E-state index in [1.165, 1.54) is 4.68 Å². The molecule has 1 aromatic heterocycles. The first-order valence-corrected chi connectivity index (χ1v) is 8.52. The number of aryl methyl sites for hydroxylation is 1. The molecule has 1 aromatic rings. The van der Waals surface area contributed by atoms with Crippen molar-refractivity contribution in [2.75, 3.05) is 12.3 Å². The number of hydrogen-bond acceptors (Lipinski definition) is 5. The average molecular weight is 316 g/mol. The Bertz CT molecular complexity index is 636. The monoisotopic (exact) mass is 316 g/mol. The maximum Gasteiger partial charge on any atom is 0.246 e. The van der Waals surface area contributed by atoms with Crippen LogP contribution in [0.15, 0.2) is 4.90 Å². The van der Waals surface area contributed by atoms with Gasteiger partial charge < -0.3 is 10.5 Å². The molecule has 21 heavy (non-hydrogen) atoms. The second-order valence-electron chi connectivity index (χ2n) is 6.10. The van der Waals surface area contributed by atoms with E-state index in [0.717, 1.165) is 0 Å². The molecule has 0 spiro atoms. The van der Waals surface area contributed by atoms with Crippen LogP contribution in [0.3, 0.4) is 0 Å². The minimum Gasteiger partial charge on any atom is -0.381 e. The Morgan fingerprint density at radius 3 is 2.57 bits per heavy atom. The zero-order valence-corrected chi connectivity index (χ0v) is 14.0.